The summed E-state index contributed by atoms with van der Waals surface area (Å²) in [4.78, 5) is 0.409. The van der Waals surface area contributed by atoms with E-state index in [1.54, 1.807) is 7.11 Å². The van der Waals surface area contributed by atoms with Crippen LogP contribution in [0.1, 0.15) is 40.7 Å². The fraction of sp³-hybridized carbons (Fsp3) is 0.478. The Morgan fingerprint density at radius 1 is 1.00 bits per heavy atom. The molecular weight excluding hydrogens is 386 g/mol. The summed E-state index contributed by atoms with van der Waals surface area (Å²) in [6, 6.07) is 9.97. The Morgan fingerprint density at radius 3 is 2.07 bits per heavy atom. The lowest BCUT2D eigenvalue weighted by Gasteiger charge is -2.38. The molecule has 6 heteroatoms. The number of hydrogen-bond acceptors (Lipinski definition) is 4. The summed E-state index contributed by atoms with van der Waals surface area (Å²) in [7, 11) is -2.00. The third-order valence-electron chi connectivity index (χ3n) is 6.32. The Kier molecular flexibility index (Phi) is 6.36. The van der Waals surface area contributed by atoms with E-state index in [1.807, 2.05) is 58.0 Å². The van der Waals surface area contributed by atoms with Crippen molar-refractivity contribution < 1.29 is 17.9 Å². The smallest absolute Gasteiger partial charge is 0.241 e. The van der Waals surface area contributed by atoms with E-state index in [2.05, 4.69) is 4.72 Å². The number of nitrogens with one attached hydrogen (secondary N) is 1. The van der Waals surface area contributed by atoms with E-state index in [1.165, 1.54) is 0 Å². The average molecular weight is 418 g/mol. The minimum absolute atomic E-state index is 0.293. The molecule has 158 valence electrons. The first-order valence-electron chi connectivity index (χ1n) is 9.99. The van der Waals surface area contributed by atoms with Gasteiger partial charge in [0.2, 0.25) is 10.0 Å². The highest BCUT2D eigenvalue weighted by Crippen LogP contribution is 2.36. The lowest BCUT2D eigenvalue weighted by molar-refractivity contribution is 0.0517. The van der Waals surface area contributed by atoms with Gasteiger partial charge in [0.25, 0.3) is 0 Å². The second-order valence-corrected chi connectivity index (χ2v) is 9.74. The molecule has 2 aromatic carbocycles. The summed E-state index contributed by atoms with van der Waals surface area (Å²) in [6.45, 7) is 9.26. The second-order valence-electron chi connectivity index (χ2n) is 8.04. The van der Waals surface area contributed by atoms with E-state index in [-0.39, 0.29) is 5.41 Å². The Balaban J connectivity index is 1.94. The summed E-state index contributed by atoms with van der Waals surface area (Å²) in [5.41, 5.74) is 4.42. The van der Waals surface area contributed by atoms with E-state index >= 15 is 0 Å². The van der Waals surface area contributed by atoms with Crippen LogP contribution in [0, 0.1) is 27.7 Å². The molecule has 5 nitrogen and oxygen atoms in total. The van der Waals surface area contributed by atoms with Gasteiger partial charge in [-0.1, -0.05) is 18.2 Å². The van der Waals surface area contributed by atoms with Gasteiger partial charge >= 0.3 is 0 Å². The Labute approximate surface area is 174 Å². The van der Waals surface area contributed by atoms with Crippen molar-refractivity contribution >= 4 is 10.0 Å². The summed E-state index contributed by atoms with van der Waals surface area (Å²) in [5.74, 6) is 0.790. The maximum absolute atomic E-state index is 13.3. The van der Waals surface area contributed by atoms with Crippen LogP contribution >= 0.6 is 0 Å². The zero-order valence-corrected chi connectivity index (χ0v) is 18.8. The highest BCUT2D eigenvalue weighted by Gasteiger charge is 2.36. The first-order valence-corrected chi connectivity index (χ1v) is 11.5. The van der Waals surface area contributed by atoms with Gasteiger partial charge in [-0.05, 0) is 80.5 Å². The number of methoxy groups -OCH3 is 1. The predicted molar refractivity (Wildman–Crippen MR) is 115 cm³/mol. The van der Waals surface area contributed by atoms with Gasteiger partial charge in [-0.3, -0.25) is 0 Å². The van der Waals surface area contributed by atoms with Gasteiger partial charge in [-0.15, -0.1) is 0 Å². The quantitative estimate of drug-likeness (QED) is 0.773. The van der Waals surface area contributed by atoms with Crippen LogP contribution in [-0.2, 0) is 20.2 Å². The minimum Gasteiger partial charge on any atom is -0.497 e. The van der Waals surface area contributed by atoms with E-state index in [9.17, 15) is 8.42 Å². The van der Waals surface area contributed by atoms with Crippen molar-refractivity contribution in [2.45, 2.75) is 50.8 Å². The van der Waals surface area contributed by atoms with Crippen LogP contribution in [0.3, 0.4) is 0 Å². The zero-order valence-electron chi connectivity index (χ0n) is 18.0. The van der Waals surface area contributed by atoms with E-state index in [0.29, 0.717) is 24.7 Å². The zero-order chi connectivity index (χ0) is 21.2. The molecule has 0 bridgehead atoms. The maximum Gasteiger partial charge on any atom is 0.241 e. The molecule has 0 amide bonds. The van der Waals surface area contributed by atoms with Crippen molar-refractivity contribution in [3.63, 3.8) is 0 Å². The first kappa shape index (κ1) is 21.8. The van der Waals surface area contributed by atoms with E-state index < -0.39 is 10.0 Å². The summed E-state index contributed by atoms with van der Waals surface area (Å²) < 4.78 is 40.4. The number of ether oxygens (including phenoxy) is 2. The fourth-order valence-corrected chi connectivity index (χ4v) is 5.90. The molecule has 2 aromatic rings. The van der Waals surface area contributed by atoms with Crippen LogP contribution in [0.2, 0.25) is 0 Å². The monoisotopic (exact) mass is 417 g/mol. The van der Waals surface area contributed by atoms with Crippen LogP contribution in [-0.4, -0.2) is 35.3 Å². The van der Waals surface area contributed by atoms with E-state index in [4.69, 9.17) is 9.47 Å². The molecule has 0 aliphatic carbocycles. The molecule has 1 fully saturated rings. The normalized spacial score (nSPS) is 16.6. The Morgan fingerprint density at radius 2 is 1.55 bits per heavy atom. The standard InChI is InChI=1S/C23H31NO4S/c1-16-14-17(2)19(4)22(18(16)3)29(25,26)24-15-23(10-12-28-13-11-23)20-6-8-21(27-5)9-7-20/h6-9,14,24H,10-13,15H2,1-5H3. The third-order valence-corrected chi connectivity index (χ3v) is 7.99. The molecule has 1 N–H and O–H groups in total. The summed E-state index contributed by atoms with van der Waals surface area (Å²) >= 11 is 0. The van der Waals surface area contributed by atoms with Crippen molar-refractivity contribution in [1.29, 1.82) is 0 Å². The highest BCUT2D eigenvalue weighted by molar-refractivity contribution is 7.89. The molecule has 1 saturated heterocycles. The number of rotatable bonds is 6. The average Bonchev–Trinajstić information content (AvgIpc) is 2.72. The van der Waals surface area contributed by atoms with Crippen LogP contribution in [0.4, 0.5) is 0 Å². The van der Waals surface area contributed by atoms with Crippen molar-refractivity contribution in [3.05, 3.63) is 58.1 Å². The summed E-state index contributed by atoms with van der Waals surface area (Å²) in [6.07, 6.45) is 1.54. The number of hydrogen-bond donors (Lipinski definition) is 1. The van der Waals surface area contributed by atoms with Crippen LogP contribution in [0.15, 0.2) is 35.2 Å². The summed E-state index contributed by atoms with van der Waals surface area (Å²) in [5, 5.41) is 0. The van der Waals surface area contributed by atoms with Crippen molar-refractivity contribution in [2.75, 3.05) is 26.9 Å². The molecule has 0 aromatic heterocycles. The van der Waals surface area contributed by atoms with Gasteiger partial charge in [-0.25, -0.2) is 13.1 Å². The predicted octanol–water partition coefficient (Wildman–Crippen LogP) is 3.96. The number of benzene rings is 2. The fourth-order valence-electron chi connectivity index (χ4n) is 4.16. The lowest BCUT2D eigenvalue weighted by Crippen LogP contribution is -2.44. The van der Waals surface area contributed by atoms with Crippen molar-refractivity contribution in [3.8, 4) is 5.75 Å². The molecule has 29 heavy (non-hydrogen) atoms. The van der Waals surface area contributed by atoms with Crippen LogP contribution in [0.25, 0.3) is 0 Å². The maximum atomic E-state index is 13.3. The van der Waals surface area contributed by atoms with Gasteiger partial charge in [0.05, 0.1) is 12.0 Å². The Bertz CT molecular complexity index is 949. The molecule has 0 atom stereocenters. The third kappa shape index (κ3) is 4.34. The van der Waals surface area contributed by atoms with Gasteiger partial charge in [0, 0.05) is 25.2 Å². The van der Waals surface area contributed by atoms with Crippen molar-refractivity contribution in [2.24, 2.45) is 0 Å². The molecule has 0 unspecified atom stereocenters. The van der Waals surface area contributed by atoms with Gasteiger partial charge in [0.15, 0.2) is 0 Å². The number of sulfonamides is 1. The highest BCUT2D eigenvalue weighted by atomic mass is 32.2. The number of aryl methyl sites for hydroxylation is 2. The minimum atomic E-state index is -3.64. The first-order chi connectivity index (χ1) is 13.7. The van der Waals surface area contributed by atoms with Gasteiger partial charge in [-0.2, -0.15) is 0 Å². The van der Waals surface area contributed by atoms with Gasteiger partial charge < -0.3 is 9.47 Å². The lowest BCUT2D eigenvalue weighted by atomic mass is 9.74. The molecule has 1 aliphatic rings. The Hall–Kier alpha value is -1.89. The molecule has 0 spiro atoms. The molecule has 0 saturated carbocycles. The topological polar surface area (TPSA) is 64.6 Å². The second kappa shape index (κ2) is 8.46. The van der Waals surface area contributed by atoms with Crippen molar-refractivity contribution in [1.82, 2.24) is 4.72 Å². The van der Waals surface area contributed by atoms with E-state index in [0.717, 1.165) is 46.4 Å². The van der Waals surface area contributed by atoms with Gasteiger partial charge in [0.1, 0.15) is 5.75 Å². The molecule has 3 rings (SSSR count). The molecular formula is C23H31NO4S. The molecule has 1 heterocycles. The molecule has 1 aliphatic heterocycles. The van der Waals surface area contributed by atoms with Crippen LogP contribution in [0.5, 0.6) is 5.75 Å². The SMILES string of the molecule is COc1ccc(C2(CNS(=O)(=O)c3c(C)c(C)cc(C)c3C)CCOCC2)cc1. The molecule has 0 radical (unpaired) electrons. The largest absolute Gasteiger partial charge is 0.497 e. The van der Waals surface area contributed by atoms with Crippen LogP contribution < -0.4 is 9.46 Å².